The highest BCUT2D eigenvalue weighted by Gasteiger charge is 2.70. The maximum Gasteiger partial charge on any atom is 0.250 e. The summed E-state index contributed by atoms with van der Waals surface area (Å²) in [5.41, 5.74) is 2.60. The van der Waals surface area contributed by atoms with Gasteiger partial charge >= 0.3 is 0 Å². The van der Waals surface area contributed by atoms with Crippen LogP contribution < -0.4 is 10.6 Å². The topological polar surface area (TPSA) is 78.5 Å². The zero-order chi connectivity index (χ0) is 21.2. The molecule has 30 heavy (non-hydrogen) atoms. The molecule has 3 amide bonds. The van der Waals surface area contributed by atoms with Crippen LogP contribution in [0.2, 0.25) is 0 Å². The molecular formula is C23H29N3O3S. The van der Waals surface area contributed by atoms with E-state index in [2.05, 4.69) is 10.6 Å². The Morgan fingerprint density at radius 1 is 1.13 bits per heavy atom. The number of aryl methyl sites for hydroxylation is 1. The van der Waals surface area contributed by atoms with E-state index in [9.17, 15) is 14.4 Å². The summed E-state index contributed by atoms with van der Waals surface area (Å²) in [6, 6.07) is 3.80. The van der Waals surface area contributed by atoms with Crippen LogP contribution in [0.4, 0.5) is 5.69 Å². The van der Waals surface area contributed by atoms with Crippen molar-refractivity contribution in [2.45, 2.75) is 63.6 Å². The number of rotatable bonds is 4. The molecule has 1 saturated carbocycles. The molecule has 2 N–H and O–H groups in total. The lowest BCUT2D eigenvalue weighted by atomic mass is 9.76. The van der Waals surface area contributed by atoms with Crippen LogP contribution in [0.25, 0.3) is 0 Å². The Morgan fingerprint density at radius 3 is 2.57 bits per heavy atom. The summed E-state index contributed by atoms with van der Waals surface area (Å²) < 4.78 is 0. The summed E-state index contributed by atoms with van der Waals surface area (Å²) in [6.07, 6.45) is 6.67. The summed E-state index contributed by atoms with van der Waals surface area (Å²) >= 11 is 1.72. The summed E-state index contributed by atoms with van der Waals surface area (Å²) in [7, 11) is 0. The first-order valence-corrected chi connectivity index (χ1v) is 12.4. The van der Waals surface area contributed by atoms with Crippen LogP contribution in [0.3, 0.4) is 0 Å². The van der Waals surface area contributed by atoms with Gasteiger partial charge in [-0.25, -0.2) is 0 Å². The van der Waals surface area contributed by atoms with Gasteiger partial charge < -0.3 is 5.32 Å². The van der Waals surface area contributed by atoms with Crippen molar-refractivity contribution in [2.75, 3.05) is 17.3 Å². The first-order chi connectivity index (χ1) is 14.4. The summed E-state index contributed by atoms with van der Waals surface area (Å²) in [5.74, 6) is -0.676. The van der Waals surface area contributed by atoms with Crippen molar-refractivity contribution in [3.63, 3.8) is 0 Å². The van der Waals surface area contributed by atoms with Crippen LogP contribution >= 0.6 is 11.8 Å². The molecule has 6 nitrogen and oxygen atoms in total. The van der Waals surface area contributed by atoms with E-state index < -0.39 is 17.4 Å². The van der Waals surface area contributed by atoms with Gasteiger partial charge in [0, 0.05) is 23.3 Å². The van der Waals surface area contributed by atoms with Crippen molar-refractivity contribution in [1.29, 1.82) is 0 Å². The first kappa shape index (κ1) is 20.1. The number of hydrogen-bond acceptors (Lipinski definition) is 5. The smallest absolute Gasteiger partial charge is 0.250 e. The molecule has 7 heteroatoms. The third-order valence-corrected chi connectivity index (χ3v) is 8.42. The lowest BCUT2D eigenvalue weighted by Gasteiger charge is -2.31. The van der Waals surface area contributed by atoms with Gasteiger partial charge in [0.25, 0.3) is 0 Å². The standard InChI is InChI=1S/C23H29N3O3S/c1-12-8-9-15-19(13(12)2)24-22(29)23(15)18-17(16(25-23)10-11-30-3)20(27)26(21(18)28)14-6-4-5-7-14/h8-9,14,16-18,25H,4-7,10-11H2,1-3H3,(H,24,29)/t16-,17+,18+,23-/m0/s1. The van der Waals surface area contributed by atoms with Crippen LogP contribution in [-0.2, 0) is 19.9 Å². The van der Waals surface area contributed by atoms with Crippen LogP contribution in [0, 0.1) is 25.7 Å². The van der Waals surface area contributed by atoms with E-state index in [-0.39, 0.29) is 29.8 Å². The van der Waals surface area contributed by atoms with E-state index in [1.807, 2.05) is 32.2 Å². The fourth-order valence-electron chi connectivity index (χ4n) is 6.16. The van der Waals surface area contributed by atoms with Crippen molar-refractivity contribution >= 4 is 35.2 Å². The number of carbonyl (C=O) groups is 3. The molecule has 1 aliphatic carbocycles. The lowest BCUT2D eigenvalue weighted by Crippen LogP contribution is -2.54. The maximum atomic E-state index is 13.8. The van der Waals surface area contributed by atoms with Crippen molar-refractivity contribution in [3.05, 3.63) is 28.8 Å². The number of amides is 3. The Labute approximate surface area is 181 Å². The molecule has 0 unspecified atom stereocenters. The van der Waals surface area contributed by atoms with E-state index in [1.165, 1.54) is 0 Å². The quantitative estimate of drug-likeness (QED) is 0.723. The van der Waals surface area contributed by atoms with Crippen molar-refractivity contribution in [1.82, 2.24) is 10.2 Å². The molecular weight excluding hydrogens is 398 g/mol. The highest BCUT2D eigenvalue weighted by atomic mass is 32.2. The zero-order valence-electron chi connectivity index (χ0n) is 17.8. The molecule has 0 aromatic heterocycles. The number of benzene rings is 1. The van der Waals surface area contributed by atoms with Gasteiger partial charge in [-0.05, 0) is 56.2 Å². The predicted octanol–water partition coefficient (Wildman–Crippen LogP) is 2.72. The highest BCUT2D eigenvalue weighted by Crippen LogP contribution is 2.55. The molecule has 0 radical (unpaired) electrons. The average Bonchev–Trinajstić information content (AvgIpc) is 3.46. The second-order valence-corrected chi connectivity index (χ2v) is 10.2. The van der Waals surface area contributed by atoms with Crippen molar-refractivity contribution < 1.29 is 14.4 Å². The number of nitrogens with one attached hydrogen (secondary N) is 2. The molecule has 3 fully saturated rings. The van der Waals surface area contributed by atoms with Gasteiger partial charge in [0.2, 0.25) is 17.7 Å². The summed E-state index contributed by atoms with van der Waals surface area (Å²) in [6.45, 7) is 4.02. The van der Waals surface area contributed by atoms with Gasteiger partial charge in [-0.1, -0.05) is 25.0 Å². The number of fused-ring (bicyclic) bond motifs is 4. The molecule has 1 aromatic carbocycles. The summed E-state index contributed by atoms with van der Waals surface area (Å²) in [4.78, 5) is 42.4. The Hall–Kier alpha value is -1.86. The van der Waals surface area contributed by atoms with Gasteiger partial charge in [0.15, 0.2) is 0 Å². The second kappa shape index (κ2) is 7.09. The van der Waals surface area contributed by atoms with Crippen molar-refractivity contribution in [3.8, 4) is 0 Å². The number of carbonyl (C=O) groups excluding carboxylic acids is 3. The Bertz CT molecular complexity index is 942. The minimum absolute atomic E-state index is 0.00228. The normalized spacial score (nSPS) is 33.0. The van der Waals surface area contributed by atoms with E-state index in [4.69, 9.17) is 0 Å². The third-order valence-electron chi connectivity index (χ3n) is 7.78. The first-order valence-electron chi connectivity index (χ1n) is 11.0. The number of thioether (sulfide) groups is 1. The number of hydrogen-bond donors (Lipinski definition) is 2. The minimum Gasteiger partial charge on any atom is -0.324 e. The molecule has 2 saturated heterocycles. The zero-order valence-corrected chi connectivity index (χ0v) is 18.6. The number of likely N-dealkylation sites (tertiary alicyclic amines) is 1. The molecule has 0 bridgehead atoms. The molecule has 1 spiro atoms. The second-order valence-electron chi connectivity index (χ2n) is 9.21. The molecule has 4 aliphatic rings. The van der Waals surface area contributed by atoms with Crippen molar-refractivity contribution in [2.24, 2.45) is 11.8 Å². The number of imide groups is 1. The summed E-state index contributed by atoms with van der Waals surface area (Å²) in [5, 5.41) is 6.59. The van der Waals surface area contributed by atoms with Gasteiger partial charge in [0.05, 0.1) is 11.8 Å². The SMILES string of the molecule is CSCC[C@@H]1N[C@]2(C(=O)Nc3c2ccc(C)c3C)[C@H]2C(=O)N(C3CCCC3)C(=O)[C@H]12. The van der Waals surface area contributed by atoms with Crippen LogP contribution in [-0.4, -0.2) is 46.7 Å². The largest absolute Gasteiger partial charge is 0.324 e. The highest BCUT2D eigenvalue weighted by molar-refractivity contribution is 7.98. The van der Waals surface area contributed by atoms with Gasteiger partial charge in [-0.3, -0.25) is 24.6 Å². The lowest BCUT2D eigenvalue weighted by molar-refractivity contribution is -0.145. The number of nitrogens with zero attached hydrogens (tertiary/aromatic N) is 1. The maximum absolute atomic E-state index is 13.8. The van der Waals surface area contributed by atoms with Gasteiger partial charge in [-0.2, -0.15) is 11.8 Å². The van der Waals surface area contributed by atoms with Gasteiger partial charge in [-0.15, -0.1) is 0 Å². The molecule has 160 valence electrons. The molecule has 3 aliphatic heterocycles. The Morgan fingerprint density at radius 2 is 1.87 bits per heavy atom. The average molecular weight is 428 g/mol. The van der Waals surface area contributed by atoms with E-state index in [0.717, 1.165) is 60.2 Å². The Kier molecular flexibility index (Phi) is 4.74. The monoisotopic (exact) mass is 427 g/mol. The molecule has 4 atom stereocenters. The van der Waals surface area contributed by atoms with Crippen LogP contribution in [0.1, 0.15) is 48.8 Å². The van der Waals surface area contributed by atoms with Crippen LogP contribution in [0.15, 0.2) is 12.1 Å². The Balaban J connectivity index is 1.64. The van der Waals surface area contributed by atoms with E-state index in [0.29, 0.717) is 0 Å². The van der Waals surface area contributed by atoms with Gasteiger partial charge in [0.1, 0.15) is 5.54 Å². The minimum atomic E-state index is -1.15. The molecule has 5 rings (SSSR count). The fourth-order valence-corrected chi connectivity index (χ4v) is 6.65. The predicted molar refractivity (Wildman–Crippen MR) is 117 cm³/mol. The number of anilines is 1. The van der Waals surface area contributed by atoms with Crippen LogP contribution in [0.5, 0.6) is 0 Å². The third kappa shape index (κ3) is 2.51. The molecule has 1 aromatic rings. The van der Waals surface area contributed by atoms with E-state index >= 15 is 0 Å². The van der Waals surface area contributed by atoms with E-state index in [1.54, 1.807) is 16.7 Å². The molecule has 3 heterocycles. The fraction of sp³-hybridized carbons (Fsp3) is 0.609.